The Morgan fingerprint density at radius 1 is 0.712 bits per heavy atom. The minimum absolute atomic E-state index is 0.0390. The molecule has 2 aromatic heterocycles. The van der Waals surface area contributed by atoms with Gasteiger partial charge in [0.15, 0.2) is 0 Å². The molecule has 16 nitrogen and oxygen atoms in total. The van der Waals surface area contributed by atoms with Crippen molar-refractivity contribution in [3.63, 3.8) is 0 Å². The molecule has 4 amide bonds. The summed E-state index contributed by atoms with van der Waals surface area (Å²) in [5, 5.41) is 7.56. The van der Waals surface area contributed by atoms with Crippen LogP contribution in [0.25, 0.3) is 44.4 Å². The van der Waals surface area contributed by atoms with Crippen LogP contribution in [0.3, 0.4) is 0 Å². The highest BCUT2D eigenvalue weighted by Crippen LogP contribution is 2.44. The fourth-order valence-corrected chi connectivity index (χ4v) is 10.1. The van der Waals surface area contributed by atoms with Crippen molar-refractivity contribution in [1.29, 1.82) is 0 Å². The summed E-state index contributed by atoms with van der Waals surface area (Å²) in [7, 11) is 2.59. The number of H-pyrrole nitrogens is 2. The van der Waals surface area contributed by atoms with Gasteiger partial charge in [0, 0.05) is 42.8 Å². The van der Waals surface area contributed by atoms with Crippen molar-refractivity contribution in [3.8, 4) is 39.4 Å². The molecule has 4 atom stereocenters. The number of alkyl carbamates (subject to hydrolysis) is 2. The van der Waals surface area contributed by atoms with Gasteiger partial charge in [-0.05, 0) is 90.3 Å². The van der Waals surface area contributed by atoms with Crippen molar-refractivity contribution in [3.05, 3.63) is 114 Å². The van der Waals surface area contributed by atoms with Crippen LogP contribution < -0.4 is 15.4 Å². The first-order valence-electron chi connectivity index (χ1n) is 22.6. The third kappa shape index (κ3) is 8.21. The number of likely N-dealkylation sites (tertiary alicyclic amines) is 2. The van der Waals surface area contributed by atoms with Gasteiger partial charge in [0.05, 0.1) is 50.1 Å². The topological polar surface area (TPSA) is 193 Å². The van der Waals surface area contributed by atoms with E-state index in [2.05, 4.69) is 69.1 Å². The number of hydrogen-bond donors (Lipinski definition) is 4. The first-order chi connectivity index (χ1) is 32.3. The fraction of sp³-hybridized carbons (Fsp3) is 0.360. The Morgan fingerprint density at radius 3 is 2.02 bits per heavy atom. The Balaban J connectivity index is 0.846. The van der Waals surface area contributed by atoms with E-state index in [1.54, 1.807) is 4.90 Å². The van der Waals surface area contributed by atoms with Crippen molar-refractivity contribution in [1.82, 2.24) is 40.4 Å². The second kappa shape index (κ2) is 18.4. The highest BCUT2D eigenvalue weighted by Gasteiger charge is 2.41. The molecule has 4 aliphatic heterocycles. The lowest BCUT2D eigenvalue weighted by molar-refractivity contribution is -0.137. The van der Waals surface area contributed by atoms with Gasteiger partial charge in [0.1, 0.15) is 36.1 Å². The monoisotopic (exact) mass is 892 g/mol. The van der Waals surface area contributed by atoms with E-state index >= 15 is 0 Å². The zero-order chi connectivity index (χ0) is 45.3. The molecule has 0 aliphatic carbocycles. The van der Waals surface area contributed by atoms with Crippen LogP contribution in [0.2, 0.25) is 0 Å². The number of carbonyl (C=O) groups is 4. The van der Waals surface area contributed by atoms with E-state index in [1.165, 1.54) is 14.2 Å². The molecule has 6 heterocycles. The second-order valence-electron chi connectivity index (χ2n) is 17.3. The summed E-state index contributed by atoms with van der Waals surface area (Å²) in [6, 6.07) is 23.9. The number of benzene rings is 4. The summed E-state index contributed by atoms with van der Waals surface area (Å²) in [4.78, 5) is 72.9. The Hall–Kier alpha value is -7.20. The number of aromatic amines is 2. The minimum atomic E-state index is -0.893. The van der Waals surface area contributed by atoms with Crippen molar-refractivity contribution < 1.29 is 38.1 Å². The van der Waals surface area contributed by atoms with Crippen molar-refractivity contribution in [2.45, 2.75) is 69.3 Å². The maximum absolute atomic E-state index is 14.1. The predicted octanol–water partition coefficient (Wildman–Crippen LogP) is 7.75. The van der Waals surface area contributed by atoms with Gasteiger partial charge in [-0.1, -0.05) is 60.7 Å². The molecule has 6 aromatic rings. The molecule has 0 spiro atoms. The minimum Gasteiger partial charge on any atom is -0.488 e. The quantitative estimate of drug-likeness (QED) is 0.106. The standard InChI is InChI=1S/C50H52N8O8/c1-63-49(61)55-42(29-8-4-3-5-9-29)47(59)57-20-6-10-40(57)45-51-26-38(53-45)32-14-16-36-31(24-32)12-17-37-35-15-13-33(25-34(35)28-66-44(36)37)39-27-52-46(54-39)41-11-7-21-58(41)48(60)43(56-50(62)64-2)30-18-22-65-23-19-30/h3-5,8-9,12-17,24-27,30,40-43H,6-7,10-11,18-23,28H2,1-2H3,(H,51,53)(H,52,54)(H,55,61)(H,56,62)/t40-,41-,42+,43-/m0/s1. The van der Waals surface area contributed by atoms with Crippen molar-refractivity contribution >= 4 is 34.8 Å². The van der Waals surface area contributed by atoms with Gasteiger partial charge in [-0.25, -0.2) is 19.6 Å². The van der Waals surface area contributed by atoms with Crippen LogP contribution in [-0.4, -0.2) is 100 Å². The van der Waals surface area contributed by atoms with E-state index in [-0.39, 0.29) is 29.8 Å². The van der Waals surface area contributed by atoms with Crippen molar-refractivity contribution in [2.75, 3.05) is 40.5 Å². The average molecular weight is 893 g/mol. The summed E-state index contributed by atoms with van der Waals surface area (Å²) in [6.45, 7) is 2.62. The SMILES string of the molecule is COC(=O)N[C@H](C(=O)N1CCC[C@H]1c1ncc(-c2ccc3c(c2)COc2c-3ccc3cc(-c4cnc([C@@H]5CCCN5C(=O)[C@H](NC(=O)OC)c5ccccc5)[nH]4)ccc23)[nH]1)C1CCOCC1. The van der Waals surface area contributed by atoms with E-state index in [1.807, 2.05) is 47.6 Å². The number of amides is 4. The van der Waals surface area contributed by atoms with E-state index in [4.69, 9.17) is 28.9 Å². The van der Waals surface area contributed by atoms with Gasteiger partial charge in [-0.3, -0.25) is 9.59 Å². The summed E-state index contributed by atoms with van der Waals surface area (Å²) < 4.78 is 21.8. The number of hydrogen-bond acceptors (Lipinski definition) is 10. The van der Waals surface area contributed by atoms with E-state index < -0.39 is 24.3 Å². The Labute approximate surface area is 381 Å². The second-order valence-corrected chi connectivity index (χ2v) is 17.3. The molecular formula is C50H52N8O8. The lowest BCUT2D eigenvalue weighted by atomic mass is 9.90. The third-order valence-electron chi connectivity index (χ3n) is 13.5. The van der Waals surface area contributed by atoms with Gasteiger partial charge in [-0.2, -0.15) is 0 Å². The number of imidazole rings is 2. The largest absolute Gasteiger partial charge is 0.488 e. The van der Waals surface area contributed by atoms with Gasteiger partial charge in [0.2, 0.25) is 5.91 Å². The molecule has 0 saturated carbocycles. The number of carbonyl (C=O) groups excluding carboxylic acids is 4. The number of aromatic nitrogens is 4. The van der Waals surface area contributed by atoms with Crippen LogP contribution in [0.15, 0.2) is 91.3 Å². The number of ether oxygens (including phenoxy) is 4. The van der Waals surface area contributed by atoms with E-state index in [0.717, 1.165) is 81.4 Å². The molecule has 0 radical (unpaired) electrons. The van der Waals surface area contributed by atoms with Gasteiger partial charge < -0.3 is 49.3 Å². The summed E-state index contributed by atoms with van der Waals surface area (Å²) in [6.07, 6.45) is 6.85. The highest BCUT2D eigenvalue weighted by atomic mass is 16.5. The van der Waals surface area contributed by atoms with Crippen molar-refractivity contribution in [2.24, 2.45) is 5.92 Å². The van der Waals surface area contributed by atoms with E-state index in [0.29, 0.717) is 63.0 Å². The molecule has 0 unspecified atom stereocenters. The van der Waals surface area contributed by atoms with Gasteiger partial charge in [-0.15, -0.1) is 0 Å². The Morgan fingerprint density at radius 2 is 1.33 bits per heavy atom. The molecule has 66 heavy (non-hydrogen) atoms. The molecular weight excluding hydrogens is 841 g/mol. The summed E-state index contributed by atoms with van der Waals surface area (Å²) >= 11 is 0. The molecule has 4 N–H and O–H groups in total. The summed E-state index contributed by atoms with van der Waals surface area (Å²) in [5.41, 5.74) is 7.43. The van der Waals surface area contributed by atoms with Gasteiger partial charge >= 0.3 is 12.2 Å². The number of nitrogens with zero attached hydrogens (tertiary/aromatic N) is 4. The lowest BCUT2D eigenvalue weighted by Crippen LogP contribution is -2.53. The van der Waals surface area contributed by atoms with Crippen LogP contribution in [-0.2, 0) is 30.4 Å². The molecule has 340 valence electrons. The number of nitrogens with one attached hydrogen (secondary N) is 4. The molecule has 10 rings (SSSR count). The zero-order valence-electron chi connectivity index (χ0n) is 36.9. The molecule has 3 saturated heterocycles. The molecule has 4 aliphatic rings. The van der Waals surface area contributed by atoms with Crippen LogP contribution >= 0.6 is 0 Å². The maximum Gasteiger partial charge on any atom is 0.407 e. The third-order valence-corrected chi connectivity index (χ3v) is 13.5. The predicted molar refractivity (Wildman–Crippen MR) is 244 cm³/mol. The Bertz CT molecular complexity index is 2780. The molecule has 4 aromatic carbocycles. The average Bonchev–Trinajstić information content (AvgIpc) is 4.22. The van der Waals surface area contributed by atoms with Crippen LogP contribution in [0.1, 0.15) is 79.4 Å². The smallest absolute Gasteiger partial charge is 0.407 e. The van der Waals surface area contributed by atoms with E-state index in [9.17, 15) is 19.2 Å². The lowest BCUT2D eigenvalue weighted by Gasteiger charge is -2.34. The maximum atomic E-state index is 14.1. The normalized spacial score (nSPS) is 19.1. The van der Waals surface area contributed by atoms with Crippen LogP contribution in [0, 0.1) is 5.92 Å². The van der Waals surface area contributed by atoms with Gasteiger partial charge in [0.25, 0.3) is 5.91 Å². The number of rotatable bonds is 10. The number of fused-ring (bicyclic) bond motifs is 5. The molecule has 3 fully saturated rings. The summed E-state index contributed by atoms with van der Waals surface area (Å²) in [5.74, 6) is 1.86. The zero-order valence-corrected chi connectivity index (χ0v) is 36.9. The first-order valence-corrected chi connectivity index (χ1v) is 22.6. The highest BCUT2D eigenvalue weighted by molar-refractivity contribution is 5.98. The molecule has 0 bridgehead atoms. The molecule has 16 heteroatoms. The fourth-order valence-electron chi connectivity index (χ4n) is 10.1. The number of methoxy groups -OCH3 is 2. The first kappa shape index (κ1) is 42.7. The van der Waals surface area contributed by atoms with Crippen LogP contribution in [0.4, 0.5) is 9.59 Å². The Kier molecular flexibility index (Phi) is 11.9. The van der Waals surface area contributed by atoms with Crippen LogP contribution in [0.5, 0.6) is 5.75 Å².